The van der Waals surface area contributed by atoms with E-state index in [1.807, 2.05) is 137 Å². The Morgan fingerprint density at radius 1 is 0.545 bits per heavy atom. The predicted molar refractivity (Wildman–Crippen MR) is 177 cm³/mol. The van der Waals surface area contributed by atoms with Gasteiger partial charge in [0.2, 0.25) is 0 Å². The van der Waals surface area contributed by atoms with Crippen molar-refractivity contribution >= 4 is 17.6 Å². The summed E-state index contributed by atoms with van der Waals surface area (Å²) in [7, 11) is -1.71. The number of rotatable bonds is 12. The number of pyridine rings is 1. The standard InChI is InChI=1S/C21H22NO4P.C14H15O2P/c1-16-8-3-5-12-20(16)25-27(26-21-13-6-4-9-17(21)2)24-15-19-11-7-10-18(14-23)22-19;1-11-7-3-5-9-13(11)15-17-16-14-10-6-4-8-12(14)2/h3-13,23H,14-15H2,1-2H3;3-10,17H,1-2H3. The molecular weight excluding hydrogens is 592 g/mol. The minimum absolute atomic E-state index is 0.0201. The van der Waals surface area contributed by atoms with Crippen molar-refractivity contribution in [1.82, 2.24) is 4.98 Å². The lowest BCUT2D eigenvalue weighted by molar-refractivity contribution is 0.249. The van der Waals surface area contributed by atoms with E-state index >= 15 is 0 Å². The smallest absolute Gasteiger partial charge is 0.440 e. The van der Waals surface area contributed by atoms with Crippen molar-refractivity contribution in [2.24, 2.45) is 0 Å². The van der Waals surface area contributed by atoms with Crippen LogP contribution in [-0.4, -0.2) is 10.1 Å². The topological polar surface area (TPSA) is 79.3 Å². The Bertz CT molecular complexity index is 1520. The third-order valence-electron chi connectivity index (χ3n) is 6.37. The Morgan fingerprint density at radius 3 is 1.39 bits per heavy atom. The van der Waals surface area contributed by atoms with Crippen LogP contribution in [0.3, 0.4) is 0 Å². The van der Waals surface area contributed by atoms with Gasteiger partial charge in [0, 0.05) is 0 Å². The maximum Gasteiger partial charge on any atom is 0.463 e. The number of aliphatic hydroxyl groups is 1. The zero-order chi connectivity index (χ0) is 31.1. The molecule has 0 fully saturated rings. The van der Waals surface area contributed by atoms with Crippen LogP contribution in [0.1, 0.15) is 33.6 Å². The van der Waals surface area contributed by atoms with Gasteiger partial charge in [-0.1, -0.05) is 78.9 Å². The molecule has 228 valence electrons. The summed E-state index contributed by atoms with van der Waals surface area (Å²) in [5, 5.41) is 9.24. The van der Waals surface area contributed by atoms with Crippen molar-refractivity contribution in [2.75, 3.05) is 0 Å². The molecule has 0 saturated carbocycles. The Kier molecular flexibility index (Phi) is 13.0. The van der Waals surface area contributed by atoms with Crippen molar-refractivity contribution in [1.29, 1.82) is 0 Å². The van der Waals surface area contributed by atoms with Crippen molar-refractivity contribution in [3.05, 3.63) is 149 Å². The highest BCUT2D eigenvalue weighted by Crippen LogP contribution is 2.43. The van der Waals surface area contributed by atoms with Gasteiger partial charge in [0.15, 0.2) is 0 Å². The summed E-state index contributed by atoms with van der Waals surface area (Å²) in [4.78, 5) is 4.34. The molecule has 5 aromatic rings. The van der Waals surface area contributed by atoms with E-state index in [9.17, 15) is 5.11 Å². The maximum absolute atomic E-state index is 9.24. The number of hydrogen-bond acceptors (Lipinski definition) is 7. The van der Waals surface area contributed by atoms with Gasteiger partial charge in [-0.2, -0.15) is 0 Å². The zero-order valence-electron chi connectivity index (χ0n) is 25.3. The number of benzene rings is 4. The van der Waals surface area contributed by atoms with Crippen molar-refractivity contribution in [2.45, 2.75) is 40.9 Å². The fourth-order valence-electron chi connectivity index (χ4n) is 3.82. The number of aromatic nitrogens is 1. The Morgan fingerprint density at radius 2 is 0.955 bits per heavy atom. The van der Waals surface area contributed by atoms with E-state index in [1.165, 1.54) is 0 Å². The molecule has 0 aliphatic heterocycles. The lowest BCUT2D eigenvalue weighted by Crippen LogP contribution is -2.03. The van der Waals surface area contributed by atoms with E-state index in [1.54, 1.807) is 6.07 Å². The normalized spacial score (nSPS) is 10.5. The predicted octanol–water partition coefficient (Wildman–Crippen LogP) is 9.36. The highest BCUT2D eigenvalue weighted by atomic mass is 31.2. The van der Waals surface area contributed by atoms with Gasteiger partial charge in [0.1, 0.15) is 23.0 Å². The number of aryl methyl sites for hydroxylation is 4. The molecule has 1 aromatic heterocycles. The lowest BCUT2D eigenvalue weighted by Gasteiger charge is -2.19. The summed E-state index contributed by atoms with van der Waals surface area (Å²) in [6, 6.07) is 36.8. The molecule has 44 heavy (non-hydrogen) atoms. The minimum atomic E-state index is -1.69. The highest BCUT2D eigenvalue weighted by Gasteiger charge is 2.20. The van der Waals surface area contributed by atoms with Gasteiger partial charge in [0.05, 0.1) is 24.6 Å². The number of aliphatic hydroxyl groups excluding tert-OH is 1. The first-order valence-electron chi connectivity index (χ1n) is 14.1. The summed E-state index contributed by atoms with van der Waals surface area (Å²) in [5.74, 6) is 3.18. The number of hydrogen-bond donors (Lipinski definition) is 1. The first-order valence-corrected chi connectivity index (χ1v) is 16.0. The molecule has 1 heterocycles. The van der Waals surface area contributed by atoms with Gasteiger partial charge in [-0.3, -0.25) is 9.51 Å². The van der Waals surface area contributed by atoms with Crippen LogP contribution in [0.25, 0.3) is 0 Å². The first kappa shape index (κ1) is 32.9. The molecule has 7 nitrogen and oxygen atoms in total. The van der Waals surface area contributed by atoms with Crippen molar-refractivity contribution in [3.8, 4) is 23.0 Å². The van der Waals surface area contributed by atoms with E-state index in [2.05, 4.69) is 4.98 Å². The first-order chi connectivity index (χ1) is 21.4. The molecule has 0 bridgehead atoms. The van der Waals surface area contributed by atoms with Crippen LogP contribution in [0.15, 0.2) is 115 Å². The molecule has 1 N–H and O–H groups in total. The summed E-state index contributed by atoms with van der Waals surface area (Å²) in [5.41, 5.74) is 5.54. The summed E-state index contributed by atoms with van der Waals surface area (Å²) in [6.07, 6.45) is 0. The average molecular weight is 630 g/mol. The van der Waals surface area contributed by atoms with Gasteiger partial charge in [-0.25, -0.2) is 0 Å². The van der Waals surface area contributed by atoms with Gasteiger partial charge in [0.25, 0.3) is 9.03 Å². The van der Waals surface area contributed by atoms with Crippen LogP contribution in [0, 0.1) is 27.7 Å². The van der Waals surface area contributed by atoms with E-state index in [-0.39, 0.29) is 22.2 Å². The molecule has 0 atom stereocenters. The van der Waals surface area contributed by atoms with Crippen molar-refractivity contribution in [3.63, 3.8) is 0 Å². The van der Waals surface area contributed by atoms with Gasteiger partial charge in [-0.05, 0) is 86.3 Å². The van der Waals surface area contributed by atoms with Crippen LogP contribution in [-0.2, 0) is 17.7 Å². The second-order valence-electron chi connectivity index (χ2n) is 9.81. The highest BCUT2D eigenvalue weighted by molar-refractivity contribution is 7.42. The molecule has 9 heteroatoms. The average Bonchev–Trinajstić information content (AvgIpc) is 3.04. The van der Waals surface area contributed by atoms with Crippen LogP contribution < -0.4 is 18.1 Å². The molecular formula is C35H37NO6P2. The number of nitrogens with zero attached hydrogens (tertiary/aromatic N) is 1. The number of para-hydroxylation sites is 4. The molecule has 0 radical (unpaired) electrons. The molecule has 0 spiro atoms. The Balaban J connectivity index is 0.000000223. The third-order valence-corrected chi connectivity index (χ3v) is 8.01. The van der Waals surface area contributed by atoms with Crippen LogP contribution in [0.4, 0.5) is 0 Å². The van der Waals surface area contributed by atoms with E-state index < -0.39 is 8.60 Å². The SMILES string of the molecule is Cc1ccccc1OP(OCc1cccc(CO)n1)Oc1ccccc1C.Cc1ccccc1OPOc1ccccc1C. The molecule has 5 rings (SSSR count). The second-order valence-corrected chi connectivity index (χ2v) is 11.5. The largest absolute Gasteiger partial charge is 0.463 e. The summed E-state index contributed by atoms with van der Waals surface area (Å²) >= 11 is 0. The molecule has 4 aromatic carbocycles. The van der Waals surface area contributed by atoms with Gasteiger partial charge >= 0.3 is 8.60 Å². The second kappa shape index (κ2) is 17.3. The van der Waals surface area contributed by atoms with Crippen molar-refractivity contribution < 1.29 is 27.7 Å². The fourth-order valence-corrected chi connectivity index (χ4v) is 5.61. The van der Waals surface area contributed by atoms with Crippen LogP contribution in [0.2, 0.25) is 0 Å². The summed E-state index contributed by atoms with van der Waals surface area (Å²) in [6.45, 7) is 8.10. The van der Waals surface area contributed by atoms with Crippen LogP contribution >= 0.6 is 17.6 Å². The molecule has 0 aliphatic carbocycles. The zero-order valence-corrected chi connectivity index (χ0v) is 27.2. The monoisotopic (exact) mass is 629 g/mol. The van der Waals surface area contributed by atoms with Gasteiger partial charge < -0.3 is 23.2 Å². The molecule has 0 saturated heterocycles. The quantitative estimate of drug-likeness (QED) is 0.138. The van der Waals surface area contributed by atoms with E-state index in [0.29, 0.717) is 22.9 Å². The van der Waals surface area contributed by atoms with E-state index in [0.717, 1.165) is 33.8 Å². The maximum atomic E-state index is 9.24. The fraction of sp³-hybridized carbons (Fsp3) is 0.171. The third kappa shape index (κ3) is 10.3. The Labute approximate surface area is 262 Å². The molecule has 0 aliphatic rings. The van der Waals surface area contributed by atoms with E-state index in [4.69, 9.17) is 22.6 Å². The van der Waals surface area contributed by atoms with Crippen LogP contribution in [0.5, 0.6) is 23.0 Å². The molecule has 0 unspecified atom stereocenters. The Hall–Kier alpha value is -3.99. The van der Waals surface area contributed by atoms with Gasteiger partial charge in [-0.15, -0.1) is 0 Å². The minimum Gasteiger partial charge on any atom is -0.440 e. The lowest BCUT2D eigenvalue weighted by atomic mass is 10.2. The molecule has 0 amide bonds. The summed E-state index contributed by atoms with van der Waals surface area (Å²) < 4.78 is 29.2.